The average Bonchev–Trinajstić information content (AvgIpc) is 2.22. The van der Waals surface area contributed by atoms with Crippen LogP contribution in [0.3, 0.4) is 0 Å². The zero-order chi connectivity index (χ0) is 11.7. The first kappa shape index (κ1) is 14.4. The van der Waals surface area contributed by atoms with Crippen molar-refractivity contribution in [2.75, 3.05) is 33.2 Å². The van der Waals surface area contributed by atoms with Gasteiger partial charge in [-0.25, -0.2) is 4.79 Å². The molecule has 0 aliphatic rings. The lowest BCUT2D eigenvalue weighted by molar-refractivity contribution is -0.155. The lowest BCUT2D eigenvalue weighted by atomic mass is 10.4. The summed E-state index contributed by atoms with van der Waals surface area (Å²) in [6, 6.07) is 0. The summed E-state index contributed by atoms with van der Waals surface area (Å²) < 4.78 is 14.5. The largest absolute Gasteiger partial charge is 0.467 e. The fraction of sp³-hybridized carbons (Fsp3) is 0.778. The third-order valence-electron chi connectivity index (χ3n) is 1.55. The van der Waals surface area contributed by atoms with Crippen LogP contribution in [-0.2, 0) is 23.8 Å². The summed E-state index contributed by atoms with van der Waals surface area (Å²) in [5.41, 5.74) is 0. The molecule has 0 fully saturated rings. The standard InChI is InChI=1S/C9H16O5S/c1-7(10)15-5-4-14-6-8(12-2)9(11)13-3/h8H,4-6H2,1-3H3. The maximum atomic E-state index is 11.0. The Morgan fingerprint density at radius 1 is 1.33 bits per heavy atom. The number of hydrogen-bond acceptors (Lipinski definition) is 6. The molecule has 0 saturated heterocycles. The molecule has 0 aromatic rings. The lowest BCUT2D eigenvalue weighted by Gasteiger charge is -2.12. The highest BCUT2D eigenvalue weighted by Crippen LogP contribution is 2.01. The molecule has 1 unspecified atom stereocenters. The van der Waals surface area contributed by atoms with Crippen LogP contribution in [0.5, 0.6) is 0 Å². The van der Waals surface area contributed by atoms with Crippen LogP contribution in [0.25, 0.3) is 0 Å². The summed E-state index contributed by atoms with van der Waals surface area (Å²) in [4.78, 5) is 21.6. The number of ether oxygens (including phenoxy) is 3. The van der Waals surface area contributed by atoms with Gasteiger partial charge in [0.25, 0.3) is 0 Å². The van der Waals surface area contributed by atoms with Crippen LogP contribution in [-0.4, -0.2) is 50.4 Å². The second-order valence-electron chi connectivity index (χ2n) is 2.66. The van der Waals surface area contributed by atoms with E-state index in [0.717, 1.165) is 0 Å². The first-order chi connectivity index (χ1) is 7.11. The lowest BCUT2D eigenvalue weighted by Crippen LogP contribution is -2.29. The molecule has 0 heterocycles. The predicted octanol–water partition coefficient (Wildman–Crippen LogP) is 0.471. The van der Waals surface area contributed by atoms with Crippen molar-refractivity contribution in [1.82, 2.24) is 0 Å². The van der Waals surface area contributed by atoms with Crippen molar-refractivity contribution in [3.05, 3.63) is 0 Å². The van der Waals surface area contributed by atoms with Gasteiger partial charge in [0.05, 0.1) is 20.3 Å². The van der Waals surface area contributed by atoms with Gasteiger partial charge in [-0.2, -0.15) is 0 Å². The van der Waals surface area contributed by atoms with Crippen LogP contribution in [0.2, 0.25) is 0 Å². The Bertz CT molecular complexity index is 207. The van der Waals surface area contributed by atoms with Gasteiger partial charge in [0.15, 0.2) is 11.2 Å². The highest BCUT2D eigenvalue weighted by molar-refractivity contribution is 8.13. The SMILES string of the molecule is COC(=O)C(COCCSC(C)=O)OC. The summed E-state index contributed by atoms with van der Waals surface area (Å²) in [6.45, 7) is 2.04. The van der Waals surface area contributed by atoms with Crippen LogP contribution in [0.1, 0.15) is 6.92 Å². The Labute approximate surface area is 93.4 Å². The number of thioether (sulfide) groups is 1. The highest BCUT2D eigenvalue weighted by Gasteiger charge is 2.17. The van der Waals surface area contributed by atoms with Gasteiger partial charge in [-0.05, 0) is 0 Å². The van der Waals surface area contributed by atoms with Gasteiger partial charge in [0.2, 0.25) is 0 Å². The summed E-state index contributed by atoms with van der Waals surface area (Å²) >= 11 is 1.18. The molecule has 0 N–H and O–H groups in total. The van der Waals surface area contributed by atoms with E-state index >= 15 is 0 Å². The molecule has 0 rings (SSSR count). The van der Waals surface area contributed by atoms with Gasteiger partial charge in [0.1, 0.15) is 0 Å². The zero-order valence-electron chi connectivity index (χ0n) is 9.15. The number of esters is 1. The third-order valence-corrected chi connectivity index (χ3v) is 2.33. The van der Waals surface area contributed by atoms with Crippen LogP contribution in [0, 0.1) is 0 Å². The zero-order valence-corrected chi connectivity index (χ0v) is 9.96. The Kier molecular flexibility index (Phi) is 8.35. The monoisotopic (exact) mass is 236 g/mol. The Balaban J connectivity index is 3.55. The maximum absolute atomic E-state index is 11.0. The molecule has 0 aromatic carbocycles. The van der Waals surface area contributed by atoms with E-state index in [0.29, 0.717) is 12.4 Å². The van der Waals surface area contributed by atoms with E-state index in [1.54, 1.807) is 0 Å². The van der Waals surface area contributed by atoms with Crippen LogP contribution >= 0.6 is 11.8 Å². The Morgan fingerprint density at radius 3 is 2.47 bits per heavy atom. The van der Waals surface area contributed by atoms with Gasteiger partial charge in [0, 0.05) is 19.8 Å². The Hall–Kier alpha value is -0.590. The maximum Gasteiger partial charge on any atom is 0.337 e. The minimum Gasteiger partial charge on any atom is -0.467 e. The topological polar surface area (TPSA) is 61.8 Å². The number of carbonyl (C=O) groups is 2. The fourth-order valence-electron chi connectivity index (χ4n) is 0.798. The van der Waals surface area contributed by atoms with Crippen LogP contribution in [0.15, 0.2) is 0 Å². The van der Waals surface area contributed by atoms with Crippen molar-refractivity contribution in [3.63, 3.8) is 0 Å². The third kappa shape index (κ3) is 7.35. The van der Waals surface area contributed by atoms with E-state index in [9.17, 15) is 9.59 Å². The van der Waals surface area contributed by atoms with Crippen molar-refractivity contribution in [3.8, 4) is 0 Å². The minimum absolute atomic E-state index is 0.0508. The summed E-state index contributed by atoms with van der Waals surface area (Å²) in [6.07, 6.45) is -0.697. The fourth-order valence-corrected chi connectivity index (χ4v) is 1.29. The number of methoxy groups -OCH3 is 2. The second-order valence-corrected chi connectivity index (χ2v) is 3.93. The predicted molar refractivity (Wildman–Crippen MR) is 56.8 cm³/mol. The molecular weight excluding hydrogens is 220 g/mol. The first-order valence-corrected chi connectivity index (χ1v) is 5.42. The average molecular weight is 236 g/mol. The molecule has 0 bridgehead atoms. The van der Waals surface area contributed by atoms with Gasteiger partial charge in [-0.1, -0.05) is 11.8 Å². The molecule has 1 atom stereocenters. The van der Waals surface area contributed by atoms with E-state index in [2.05, 4.69) is 4.74 Å². The van der Waals surface area contributed by atoms with E-state index in [1.807, 2.05) is 0 Å². The Morgan fingerprint density at radius 2 is 2.00 bits per heavy atom. The molecule has 0 saturated carbocycles. The van der Waals surface area contributed by atoms with Crippen molar-refractivity contribution in [2.24, 2.45) is 0 Å². The minimum atomic E-state index is -0.697. The normalized spacial score (nSPS) is 12.2. The highest BCUT2D eigenvalue weighted by atomic mass is 32.2. The van der Waals surface area contributed by atoms with Gasteiger partial charge in [-0.15, -0.1) is 0 Å². The first-order valence-electron chi connectivity index (χ1n) is 4.43. The molecule has 0 radical (unpaired) electrons. The van der Waals surface area contributed by atoms with Crippen molar-refractivity contribution in [1.29, 1.82) is 0 Å². The molecule has 88 valence electrons. The van der Waals surface area contributed by atoms with Gasteiger partial charge >= 0.3 is 5.97 Å². The molecule has 6 heteroatoms. The molecule has 0 amide bonds. The van der Waals surface area contributed by atoms with E-state index in [1.165, 1.54) is 32.9 Å². The molecule has 0 spiro atoms. The van der Waals surface area contributed by atoms with Crippen LogP contribution in [0.4, 0.5) is 0 Å². The summed E-state index contributed by atoms with van der Waals surface area (Å²) in [5.74, 6) is 0.115. The molecule has 15 heavy (non-hydrogen) atoms. The van der Waals surface area contributed by atoms with Crippen molar-refractivity contribution in [2.45, 2.75) is 13.0 Å². The molecule has 5 nitrogen and oxygen atoms in total. The summed E-state index contributed by atoms with van der Waals surface area (Å²) in [7, 11) is 2.70. The molecule has 0 aliphatic heterocycles. The molecular formula is C9H16O5S. The molecule has 0 aliphatic carbocycles. The van der Waals surface area contributed by atoms with Crippen molar-refractivity contribution >= 4 is 22.8 Å². The van der Waals surface area contributed by atoms with E-state index in [-0.39, 0.29) is 11.7 Å². The number of hydrogen-bond donors (Lipinski definition) is 0. The van der Waals surface area contributed by atoms with Crippen molar-refractivity contribution < 1.29 is 23.8 Å². The second kappa shape index (κ2) is 8.70. The quantitative estimate of drug-likeness (QED) is 0.473. The smallest absolute Gasteiger partial charge is 0.337 e. The summed E-state index contributed by atoms with van der Waals surface area (Å²) in [5, 5.41) is 0.0508. The molecule has 0 aromatic heterocycles. The van der Waals surface area contributed by atoms with E-state index < -0.39 is 12.1 Å². The van der Waals surface area contributed by atoms with Gasteiger partial charge < -0.3 is 14.2 Å². The van der Waals surface area contributed by atoms with E-state index in [4.69, 9.17) is 9.47 Å². The van der Waals surface area contributed by atoms with Gasteiger partial charge in [-0.3, -0.25) is 4.79 Å². The number of carbonyl (C=O) groups excluding carboxylic acids is 2. The van der Waals surface area contributed by atoms with Crippen LogP contribution < -0.4 is 0 Å². The number of rotatable bonds is 7.